The van der Waals surface area contributed by atoms with Crippen LogP contribution in [0.15, 0.2) is 6.07 Å². The zero-order valence-electron chi connectivity index (χ0n) is 8.63. The molecule has 1 aromatic rings. The van der Waals surface area contributed by atoms with Crippen LogP contribution in [-0.4, -0.2) is 21.0 Å². The van der Waals surface area contributed by atoms with Gasteiger partial charge in [-0.1, -0.05) is 0 Å². The lowest BCUT2D eigenvalue weighted by Gasteiger charge is -2.05. The Kier molecular flexibility index (Phi) is 3.83. The van der Waals surface area contributed by atoms with E-state index in [1.165, 1.54) is 6.07 Å². The number of aromatic nitrogens is 1. The zero-order chi connectivity index (χ0) is 13.9. The maximum atomic E-state index is 12.6. The molecule has 0 aliphatic rings. The van der Waals surface area contributed by atoms with Crippen molar-refractivity contribution < 1.29 is 23.6 Å². The van der Waals surface area contributed by atoms with Crippen molar-refractivity contribution in [3.8, 4) is 6.07 Å². The van der Waals surface area contributed by atoms with Crippen molar-refractivity contribution in [1.82, 2.24) is 4.98 Å². The third kappa shape index (κ3) is 2.73. The highest BCUT2D eigenvalue weighted by atomic mass is 19.3. The normalized spacial score (nSPS) is 10.1. The standard InChI is InChI=1S/C9H5F2N3O4/c10-9(11)7-8(14(17)18)4(2-6(15)16)1-5(3-12)13-7/h1,9H,2H2,(H,15,16). The largest absolute Gasteiger partial charge is 0.481 e. The summed E-state index contributed by atoms with van der Waals surface area (Å²) in [5, 5.41) is 27.8. The lowest BCUT2D eigenvalue weighted by atomic mass is 10.1. The van der Waals surface area contributed by atoms with Gasteiger partial charge in [0.25, 0.3) is 12.1 Å². The average molecular weight is 257 g/mol. The number of nitro groups is 1. The summed E-state index contributed by atoms with van der Waals surface area (Å²) in [6, 6.07) is 2.26. The number of nitrogens with zero attached hydrogens (tertiary/aromatic N) is 3. The van der Waals surface area contributed by atoms with Gasteiger partial charge in [-0.25, -0.2) is 13.8 Å². The third-order valence-corrected chi connectivity index (χ3v) is 1.94. The minimum absolute atomic E-state index is 0.477. The van der Waals surface area contributed by atoms with Gasteiger partial charge in [-0.15, -0.1) is 0 Å². The van der Waals surface area contributed by atoms with E-state index in [0.29, 0.717) is 0 Å². The van der Waals surface area contributed by atoms with Gasteiger partial charge in [0.05, 0.1) is 11.3 Å². The highest BCUT2D eigenvalue weighted by Gasteiger charge is 2.29. The molecular formula is C9H5F2N3O4. The highest BCUT2D eigenvalue weighted by molar-refractivity contribution is 5.72. The van der Waals surface area contributed by atoms with Crippen molar-refractivity contribution >= 4 is 11.7 Å². The summed E-state index contributed by atoms with van der Waals surface area (Å²) in [7, 11) is 0. The molecule has 0 atom stereocenters. The summed E-state index contributed by atoms with van der Waals surface area (Å²) >= 11 is 0. The molecule has 0 saturated heterocycles. The quantitative estimate of drug-likeness (QED) is 0.643. The lowest BCUT2D eigenvalue weighted by molar-refractivity contribution is -0.387. The third-order valence-electron chi connectivity index (χ3n) is 1.94. The number of aliphatic carboxylic acids is 1. The van der Waals surface area contributed by atoms with E-state index >= 15 is 0 Å². The molecule has 0 aliphatic heterocycles. The van der Waals surface area contributed by atoms with Crippen LogP contribution in [0.4, 0.5) is 14.5 Å². The molecule has 0 fully saturated rings. The second kappa shape index (κ2) is 5.13. The fourth-order valence-corrected chi connectivity index (χ4v) is 1.33. The number of hydrogen-bond donors (Lipinski definition) is 1. The molecule has 1 rings (SSSR count). The summed E-state index contributed by atoms with van der Waals surface area (Å²) in [6.45, 7) is 0. The Bertz CT molecular complexity index is 553. The second-order valence-corrected chi connectivity index (χ2v) is 3.14. The Labute approximate surface area is 98.4 Å². The zero-order valence-corrected chi connectivity index (χ0v) is 8.63. The van der Waals surface area contributed by atoms with Crippen LogP contribution in [0, 0.1) is 21.4 Å². The maximum Gasteiger partial charge on any atom is 0.308 e. The fourth-order valence-electron chi connectivity index (χ4n) is 1.33. The summed E-state index contributed by atoms with van der Waals surface area (Å²) < 4.78 is 25.2. The number of halogens is 2. The van der Waals surface area contributed by atoms with Gasteiger partial charge >= 0.3 is 5.97 Å². The van der Waals surface area contributed by atoms with E-state index in [1.807, 2.05) is 0 Å². The SMILES string of the molecule is N#Cc1cc(CC(=O)O)c([N+](=O)[O-])c(C(F)F)n1. The number of hydrogen-bond acceptors (Lipinski definition) is 5. The highest BCUT2D eigenvalue weighted by Crippen LogP contribution is 2.31. The van der Waals surface area contributed by atoms with Crippen LogP contribution in [-0.2, 0) is 11.2 Å². The number of pyridine rings is 1. The molecule has 0 saturated carbocycles. The van der Waals surface area contributed by atoms with E-state index < -0.39 is 46.4 Å². The molecule has 0 aromatic carbocycles. The predicted molar refractivity (Wildman–Crippen MR) is 51.9 cm³/mol. The summed E-state index contributed by atoms with van der Waals surface area (Å²) in [4.78, 5) is 23.2. The van der Waals surface area contributed by atoms with Gasteiger partial charge in [-0.2, -0.15) is 5.26 Å². The number of rotatable bonds is 4. The topological polar surface area (TPSA) is 117 Å². The van der Waals surface area contributed by atoms with E-state index in [4.69, 9.17) is 10.4 Å². The van der Waals surface area contributed by atoms with Crippen molar-refractivity contribution in [2.75, 3.05) is 0 Å². The van der Waals surface area contributed by atoms with Gasteiger partial charge in [0.1, 0.15) is 11.8 Å². The smallest absolute Gasteiger partial charge is 0.308 e. The van der Waals surface area contributed by atoms with Gasteiger partial charge < -0.3 is 5.11 Å². The first-order chi connectivity index (χ1) is 8.36. The first kappa shape index (κ1) is 13.4. The molecule has 0 bridgehead atoms. The molecule has 1 N–H and O–H groups in total. The van der Waals surface area contributed by atoms with Crippen LogP contribution >= 0.6 is 0 Å². The van der Waals surface area contributed by atoms with Gasteiger partial charge in [0.2, 0.25) is 0 Å². The summed E-state index contributed by atoms with van der Waals surface area (Å²) in [5.41, 5.74) is -3.23. The molecule has 0 radical (unpaired) electrons. The molecule has 18 heavy (non-hydrogen) atoms. The van der Waals surface area contributed by atoms with Crippen LogP contribution in [0.5, 0.6) is 0 Å². The minimum atomic E-state index is -3.27. The molecule has 94 valence electrons. The molecular weight excluding hydrogens is 252 g/mol. The van der Waals surface area contributed by atoms with Gasteiger partial charge in [-0.3, -0.25) is 14.9 Å². The fraction of sp³-hybridized carbons (Fsp3) is 0.222. The van der Waals surface area contributed by atoms with E-state index in [2.05, 4.69) is 4.98 Å². The Morgan fingerprint density at radius 1 is 1.67 bits per heavy atom. The number of carboxylic acids is 1. The molecule has 1 heterocycles. The molecule has 1 aromatic heterocycles. The van der Waals surface area contributed by atoms with Crippen LogP contribution < -0.4 is 0 Å². The second-order valence-electron chi connectivity index (χ2n) is 3.14. The molecule has 0 unspecified atom stereocenters. The van der Waals surface area contributed by atoms with E-state index in [0.717, 1.165) is 6.07 Å². The van der Waals surface area contributed by atoms with Gasteiger partial charge in [-0.05, 0) is 6.07 Å². The van der Waals surface area contributed by atoms with Gasteiger partial charge in [0.15, 0.2) is 5.69 Å². The predicted octanol–water partition coefficient (Wildman–Crippen LogP) is 1.43. The molecule has 7 nitrogen and oxygen atoms in total. The molecule has 0 amide bonds. The van der Waals surface area contributed by atoms with Crippen LogP contribution in [0.2, 0.25) is 0 Å². The summed E-state index contributed by atoms with van der Waals surface area (Å²) in [6.07, 6.45) is -4.11. The lowest BCUT2D eigenvalue weighted by Crippen LogP contribution is -2.09. The number of nitriles is 1. The Hall–Kier alpha value is -2.63. The van der Waals surface area contributed by atoms with Crippen LogP contribution in [0.1, 0.15) is 23.4 Å². The van der Waals surface area contributed by atoms with Crippen LogP contribution in [0.25, 0.3) is 0 Å². The molecule has 9 heteroatoms. The Balaban J connectivity index is 3.55. The summed E-state index contributed by atoms with van der Waals surface area (Å²) in [5.74, 6) is -1.44. The van der Waals surface area contributed by atoms with Crippen molar-refractivity contribution in [2.24, 2.45) is 0 Å². The monoisotopic (exact) mass is 257 g/mol. The van der Waals surface area contributed by atoms with Crippen molar-refractivity contribution in [3.63, 3.8) is 0 Å². The van der Waals surface area contributed by atoms with Crippen LogP contribution in [0.3, 0.4) is 0 Å². The Morgan fingerprint density at radius 3 is 2.67 bits per heavy atom. The number of carboxylic acid groups (broad SMARTS) is 1. The van der Waals surface area contributed by atoms with Crippen molar-refractivity contribution in [3.05, 3.63) is 33.1 Å². The molecule has 0 aliphatic carbocycles. The van der Waals surface area contributed by atoms with E-state index in [1.54, 1.807) is 0 Å². The first-order valence-electron chi connectivity index (χ1n) is 4.45. The van der Waals surface area contributed by atoms with Crippen molar-refractivity contribution in [1.29, 1.82) is 5.26 Å². The first-order valence-corrected chi connectivity index (χ1v) is 4.45. The van der Waals surface area contributed by atoms with Crippen molar-refractivity contribution in [2.45, 2.75) is 12.8 Å². The minimum Gasteiger partial charge on any atom is -0.481 e. The Morgan fingerprint density at radius 2 is 2.28 bits per heavy atom. The number of alkyl halides is 2. The van der Waals surface area contributed by atoms with E-state index in [-0.39, 0.29) is 0 Å². The van der Waals surface area contributed by atoms with E-state index in [9.17, 15) is 23.7 Å². The van der Waals surface area contributed by atoms with Gasteiger partial charge in [0, 0.05) is 5.56 Å². The molecule has 0 spiro atoms. The number of carbonyl (C=O) groups is 1. The maximum absolute atomic E-state index is 12.6. The average Bonchev–Trinajstić information content (AvgIpc) is 2.26.